The number of ether oxygens (including phenoxy) is 5. The standard InChI is InChI=1S/C49H60N4O10Si/c1-49(2,3)64(38-18-12-8-13-19-38,39-20-14-9-15-21-39)63-41-29-50(4)45(47(56)51(5)40(41)32-59-31-36-16-10-7-11-17-36)46-42(33-60-34-61-46)62-44(30-54)52-27-26-43(55)53(48(52)57)28-35-22-24-37(58-6)25-23-35/h7-27,40-42,44-46,54H,28-34H2,1-6H3/t40-,41+,42+,44-,45+,46-/m1/s1. The van der Waals surface area contributed by atoms with E-state index in [1.165, 1.54) is 16.8 Å². The third-order valence-electron chi connectivity index (χ3n) is 12.3. The van der Waals surface area contributed by atoms with Crippen molar-refractivity contribution in [3.8, 4) is 5.75 Å². The van der Waals surface area contributed by atoms with Crippen molar-refractivity contribution < 1.29 is 38.0 Å². The Morgan fingerprint density at radius 3 is 2.03 bits per heavy atom. The molecule has 0 saturated carbocycles. The molecule has 3 heterocycles. The third-order valence-corrected chi connectivity index (χ3v) is 17.4. The van der Waals surface area contributed by atoms with E-state index in [0.29, 0.717) is 24.5 Å². The number of aliphatic hydroxyl groups is 1. The molecule has 2 aliphatic rings. The van der Waals surface area contributed by atoms with Crippen molar-refractivity contribution in [1.29, 1.82) is 0 Å². The highest BCUT2D eigenvalue weighted by molar-refractivity contribution is 6.99. The number of nitrogens with zero attached hydrogens (tertiary/aromatic N) is 4. The molecule has 2 saturated heterocycles. The first-order valence-electron chi connectivity index (χ1n) is 21.6. The van der Waals surface area contributed by atoms with Crippen LogP contribution >= 0.6 is 0 Å². The Kier molecular flexibility index (Phi) is 15.1. The summed E-state index contributed by atoms with van der Waals surface area (Å²) >= 11 is 0. The molecule has 1 aromatic heterocycles. The summed E-state index contributed by atoms with van der Waals surface area (Å²) in [5.41, 5.74) is 0.518. The van der Waals surface area contributed by atoms with Gasteiger partial charge in [-0.05, 0) is 45.7 Å². The normalized spacial score (nSPS) is 21.6. The predicted molar refractivity (Wildman–Crippen MR) is 245 cm³/mol. The van der Waals surface area contributed by atoms with Crippen LogP contribution in [0.15, 0.2) is 137 Å². The summed E-state index contributed by atoms with van der Waals surface area (Å²) < 4.78 is 40.3. The second-order valence-corrected chi connectivity index (χ2v) is 21.7. The van der Waals surface area contributed by atoms with Crippen LogP contribution in [0, 0.1) is 0 Å². The zero-order chi connectivity index (χ0) is 45.4. The Bertz CT molecular complexity index is 2360. The van der Waals surface area contributed by atoms with E-state index in [4.69, 9.17) is 28.1 Å². The number of carbonyl (C=O) groups is 1. The van der Waals surface area contributed by atoms with Crippen molar-refractivity contribution in [2.24, 2.45) is 0 Å². The lowest BCUT2D eigenvalue weighted by Crippen LogP contribution is -2.69. The highest BCUT2D eigenvalue weighted by atomic mass is 28.4. The maximum absolute atomic E-state index is 15.1. The minimum Gasteiger partial charge on any atom is -0.497 e. The molecule has 2 aliphatic heterocycles. The number of aromatic nitrogens is 2. The van der Waals surface area contributed by atoms with Gasteiger partial charge in [-0.3, -0.25) is 23.6 Å². The van der Waals surface area contributed by atoms with Gasteiger partial charge in [0.2, 0.25) is 5.91 Å². The molecule has 7 rings (SSSR count). The fraction of sp³-hybridized carbons (Fsp3) is 0.408. The van der Waals surface area contributed by atoms with Gasteiger partial charge in [0.25, 0.3) is 13.9 Å². The molecule has 5 aromatic rings. The lowest BCUT2D eigenvalue weighted by Gasteiger charge is -2.47. The maximum atomic E-state index is 15.1. The largest absolute Gasteiger partial charge is 0.497 e. The van der Waals surface area contributed by atoms with Crippen LogP contribution in [0.2, 0.25) is 5.04 Å². The molecule has 2 fully saturated rings. The van der Waals surface area contributed by atoms with Gasteiger partial charge < -0.3 is 38.1 Å². The Hall–Kier alpha value is -5.23. The SMILES string of the molecule is COc1ccc(Cn2c(=O)ccn([C@@H](CO)O[C@H]3COCO[C@H]3[C@H]3C(=O)N(C)[C@H](COCc4ccccc4)[C@@H](O[Si](c4ccccc4)(c4ccccc4)C(C)(C)C)CN3C)c2=O)cc1. The van der Waals surface area contributed by atoms with E-state index in [-0.39, 0.29) is 37.5 Å². The van der Waals surface area contributed by atoms with Crippen LogP contribution in [0.3, 0.4) is 0 Å². The average molecular weight is 893 g/mol. The first-order chi connectivity index (χ1) is 30.9. The van der Waals surface area contributed by atoms with Gasteiger partial charge in [-0.1, -0.05) is 124 Å². The molecule has 0 bridgehead atoms. The van der Waals surface area contributed by atoms with Crippen molar-refractivity contribution >= 4 is 24.6 Å². The maximum Gasteiger partial charge on any atom is 0.333 e. The van der Waals surface area contributed by atoms with Crippen molar-refractivity contribution in [3.63, 3.8) is 0 Å². The Morgan fingerprint density at radius 1 is 0.812 bits per heavy atom. The quantitative estimate of drug-likeness (QED) is 0.145. The van der Waals surface area contributed by atoms with Gasteiger partial charge in [-0.15, -0.1) is 0 Å². The topological polar surface area (TPSA) is 143 Å². The number of amides is 1. The van der Waals surface area contributed by atoms with Crippen LogP contribution in [-0.4, -0.2) is 123 Å². The molecular formula is C49H60N4O10Si. The molecule has 64 heavy (non-hydrogen) atoms. The Labute approximate surface area is 375 Å². The van der Waals surface area contributed by atoms with Gasteiger partial charge >= 0.3 is 5.69 Å². The van der Waals surface area contributed by atoms with Gasteiger partial charge in [0.1, 0.15) is 30.8 Å². The summed E-state index contributed by atoms with van der Waals surface area (Å²) in [5.74, 6) is 0.399. The molecule has 0 radical (unpaired) electrons. The average Bonchev–Trinajstić information content (AvgIpc) is 3.39. The van der Waals surface area contributed by atoms with Crippen LogP contribution in [0.4, 0.5) is 0 Å². The van der Waals surface area contributed by atoms with E-state index in [1.807, 2.05) is 78.7 Å². The second kappa shape index (κ2) is 20.7. The van der Waals surface area contributed by atoms with E-state index >= 15 is 4.79 Å². The van der Waals surface area contributed by atoms with Crippen molar-refractivity contribution in [2.45, 2.75) is 75.6 Å². The Balaban J connectivity index is 1.22. The first-order valence-corrected chi connectivity index (χ1v) is 23.5. The Morgan fingerprint density at radius 2 is 1.44 bits per heavy atom. The van der Waals surface area contributed by atoms with Gasteiger partial charge in [-0.2, -0.15) is 0 Å². The number of rotatable bonds is 16. The van der Waals surface area contributed by atoms with Gasteiger partial charge in [0.05, 0.1) is 52.2 Å². The predicted octanol–water partition coefficient (Wildman–Crippen LogP) is 3.62. The van der Waals surface area contributed by atoms with Crippen LogP contribution in [0.25, 0.3) is 0 Å². The van der Waals surface area contributed by atoms with Crippen LogP contribution < -0.4 is 26.4 Å². The molecule has 14 nitrogen and oxygen atoms in total. The molecule has 0 aliphatic carbocycles. The summed E-state index contributed by atoms with van der Waals surface area (Å²) in [6.07, 6.45) is -2.31. The molecule has 6 atom stereocenters. The third kappa shape index (κ3) is 10.0. The smallest absolute Gasteiger partial charge is 0.333 e. The lowest BCUT2D eigenvalue weighted by molar-refractivity contribution is -0.244. The zero-order valence-corrected chi connectivity index (χ0v) is 38.4. The summed E-state index contributed by atoms with van der Waals surface area (Å²) in [6.45, 7) is 6.81. The van der Waals surface area contributed by atoms with Crippen molar-refractivity contribution in [1.82, 2.24) is 18.9 Å². The van der Waals surface area contributed by atoms with Crippen LogP contribution in [-0.2, 0) is 41.3 Å². The van der Waals surface area contributed by atoms with Gasteiger partial charge in [-0.25, -0.2) is 4.79 Å². The van der Waals surface area contributed by atoms with E-state index in [0.717, 1.165) is 20.5 Å². The van der Waals surface area contributed by atoms with Crippen LogP contribution in [0.5, 0.6) is 5.75 Å². The minimum atomic E-state index is -3.15. The number of hydrogen-bond acceptors (Lipinski definition) is 11. The van der Waals surface area contributed by atoms with E-state index in [9.17, 15) is 14.7 Å². The molecular weight excluding hydrogens is 833 g/mol. The minimum absolute atomic E-state index is 0.00828. The highest BCUT2D eigenvalue weighted by Gasteiger charge is 2.55. The van der Waals surface area contributed by atoms with Crippen LogP contribution in [0.1, 0.15) is 38.1 Å². The van der Waals surface area contributed by atoms with Gasteiger partial charge in [0.15, 0.2) is 6.23 Å². The first kappa shape index (κ1) is 46.8. The van der Waals surface area contributed by atoms with E-state index in [1.54, 1.807) is 43.3 Å². The number of carbonyl (C=O) groups excluding carboxylic acids is 1. The fourth-order valence-corrected chi connectivity index (χ4v) is 13.7. The molecule has 1 amide bonds. The molecule has 15 heteroatoms. The molecule has 4 aromatic carbocycles. The number of likely N-dealkylation sites (N-methyl/N-ethyl adjacent to an activating group) is 2. The number of aliphatic hydroxyl groups excluding tert-OH is 1. The van der Waals surface area contributed by atoms with E-state index < -0.39 is 62.8 Å². The van der Waals surface area contributed by atoms with E-state index in [2.05, 4.69) is 45.0 Å². The number of hydrogen-bond donors (Lipinski definition) is 1. The fourth-order valence-electron chi connectivity index (χ4n) is 8.96. The number of methoxy groups -OCH3 is 1. The molecule has 340 valence electrons. The second-order valence-electron chi connectivity index (χ2n) is 17.4. The molecule has 0 unspecified atom stereocenters. The summed E-state index contributed by atoms with van der Waals surface area (Å²) in [4.78, 5) is 45.8. The molecule has 1 N–H and O–H groups in total. The summed E-state index contributed by atoms with van der Waals surface area (Å²) in [7, 11) is 2.06. The number of benzene rings is 4. The van der Waals surface area contributed by atoms with Crippen molar-refractivity contribution in [3.05, 3.63) is 159 Å². The van der Waals surface area contributed by atoms with Crippen molar-refractivity contribution in [2.75, 3.05) is 54.4 Å². The lowest BCUT2D eigenvalue weighted by atomic mass is 10.0. The summed E-state index contributed by atoms with van der Waals surface area (Å²) in [5, 5.41) is 12.6. The van der Waals surface area contributed by atoms with Gasteiger partial charge in [0, 0.05) is 25.9 Å². The molecule has 0 spiro atoms. The monoisotopic (exact) mass is 892 g/mol. The highest BCUT2D eigenvalue weighted by Crippen LogP contribution is 2.39. The zero-order valence-electron chi connectivity index (χ0n) is 37.4. The summed E-state index contributed by atoms with van der Waals surface area (Å²) in [6, 6.07) is 37.6.